The van der Waals surface area contributed by atoms with Crippen LogP contribution >= 0.6 is 11.6 Å². The number of aromatic nitrogens is 1. The molecule has 1 N–H and O–H groups in total. The molecule has 0 aliphatic heterocycles. The maximum atomic E-state index is 12.3. The molecule has 2 aromatic rings. The molecule has 0 spiro atoms. The van der Waals surface area contributed by atoms with Gasteiger partial charge in [0.25, 0.3) is 0 Å². The SMILES string of the molecule is Cc1noc(Cl)c1CCC(=O)NC(CC(C)C)c1ccccc1. The second kappa shape index (κ2) is 8.16. The van der Waals surface area contributed by atoms with E-state index in [1.807, 2.05) is 37.3 Å². The van der Waals surface area contributed by atoms with Crippen molar-refractivity contribution in [1.82, 2.24) is 10.5 Å². The van der Waals surface area contributed by atoms with Crippen molar-refractivity contribution in [2.24, 2.45) is 5.92 Å². The Labute approximate surface area is 142 Å². The molecule has 0 aliphatic rings. The number of hydrogen-bond acceptors (Lipinski definition) is 3. The summed E-state index contributed by atoms with van der Waals surface area (Å²) in [6, 6.07) is 10.1. The molecule has 0 aliphatic carbocycles. The Balaban J connectivity index is 1.98. The monoisotopic (exact) mass is 334 g/mol. The lowest BCUT2D eigenvalue weighted by Crippen LogP contribution is -2.29. The van der Waals surface area contributed by atoms with Crippen molar-refractivity contribution in [3.8, 4) is 0 Å². The Morgan fingerprint density at radius 3 is 2.57 bits per heavy atom. The Hall–Kier alpha value is -1.81. The summed E-state index contributed by atoms with van der Waals surface area (Å²) >= 11 is 5.94. The molecular formula is C18H23ClN2O2. The van der Waals surface area contributed by atoms with Crippen LogP contribution < -0.4 is 5.32 Å². The Bertz CT molecular complexity index is 618. The molecule has 2 rings (SSSR count). The normalized spacial score (nSPS) is 12.4. The van der Waals surface area contributed by atoms with Crippen LogP contribution in [0.2, 0.25) is 5.22 Å². The molecule has 0 bridgehead atoms. The van der Waals surface area contributed by atoms with Gasteiger partial charge in [-0.2, -0.15) is 0 Å². The second-order valence-electron chi connectivity index (χ2n) is 6.18. The number of nitrogens with one attached hydrogen (secondary N) is 1. The molecule has 5 heteroatoms. The van der Waals surface area contributed by atoms with Gasteiger partial charge in [-0.1, -0.05) is 49.3 Å². The topological polar surface area (TPSA) is 55.1 Å². The van der Waals surface area contributed by atoms with Crippen molar-refractivity contribution in [2.75, 3.05) is 0 Å². The van der Waals surface area contributed by atoms with Gasteiger partial charge in [0.05, 0.1) is 11.7 Å². The van der Waals surface area contributed by atoms with E-state index in [-0.39, 0.29) is 17.2 Å². The highest BCUT2D eigenvalue weighted by molar-refractivity contribution is 6.29. The molecule has 1 atom stereocenters. The number of hydrogen-bond donors (Lipinski definition) is 1. The fraction of sp³-hybridized carbons (Fsp3) is 0.444. The summed E-state index contributed by atoms with van der Waals surface area (Å²) in [7, 11) is 0. The molecule has 0 radical (unpaired) electrons. The van der Waals surface area contributed by atoms with Gasteiger partial charge in [-0.25, -0.2) is 0 Å². The van der Waals surface area contributed by atoms with E-state index in [2.05, 4.69) is 24.3 Å². The van der Waals surface area contributed by atoms with E-state index < -0.39 is 0 Å². The fourth-order valence-electron chi connectivity index (χ4n) is 2.58. The summed E-state index contributed by atoms with van der Waals surface area (Å²) in [4.78, 5) is 12.3. The highest BCUT2D eigenvalue weighted by atomic mass is 35.5. The third-order valence-electron chi connectivity index (χ3n) is 3.78. The minimum absolute atomic E-state index is 0.0103. The number of carbonyl (C=O) groups is 1. The highest BCUT2D eigenvalue weighted by Crippen LogP contribution is 2.23. The first-order valence-electron chi connectivity index (χ1n) is 7.92. The lowest BCUT2D eigenvalue weighted by atomic mass is 9.96. The molecule has 1 aromatic carbocycles. The summed E-state index contributed by atoms with van der Waals surface area (Å²) in [6.45, 7) is 6.14. The average Bonchev–Trinajstić information content (AvgIpc) is 2.84. The van der Waals surface area contributed by atoms with E-state index in [1.54, 1.807) is 0 Å². The predicted octanol–water partition coefficient (Wildman–Crippen LogP) is 4.47. The third kappa shape index (κ3) is 5.10. The first kappa shape index (κ1) is 17.5. The lowest BCUT2D eigenvalue weighted by Gasteiger charge is -2.21. The zero-order valence-electron chi connectivity index (χ0n) is 13.8. The molecule has 124 valence electrons. The standard InChI is InChI=1S/C18H23ClN2O2/c1-12(2)11-16(14-7-5-4-6-8-14)20-17(22)10-9-15-13(3)21-23-18(15)19/h4-8,12,16H,9-11H2,1-3H3,(H,20,22). The largest absolute Gasteiger partial charge is 0.349 e. The number of nitrogens with zero attached hydrogens (tertiary/aromatic N) is 1. The smallest absolute Gasteiger partial charge is 0.229 e. The minimum Gasteiger partial charge on any atom is -0.349 e. The molecule has 1 aromatic heterocycles. The van der Waals surface area contributed by atoms with Gasteiger partial charge in [-0.05, 0) is 42.8 Å². The van der Waals surface area contributed by atoms with Crippen molar-refractivity contribution in [1.29, 1.82) is 0 Å². The molecule has 1 heterocycles. The van der Waals surface area contributed by atoms with Crippen molar-refractivity contribution >= 4 is 17.5 Å². The van der Waals surface area contributed by atoms with E-state index in [0.29, 0.717) is 18.8 Å². The van der Waals surface area contributed by atoms with Crippen LogP contribution in [0, 0.1) is 12.8 Å². The van der Waals surface area contributed by atoms with Gasteiger partial charge in [-0.15, -0.1) is 0 Å². The molecule has 23 heavy (non-hydrogen) atoms. The highest BCUT2D eigenvalue weighted by Gasteiger charge is 2.17. The molecule has 1 amide bonds. The summed E-state index contributed by atoms with van der Waals surface area (Å²) in [6.07, 6.45) is 1.80. The number of halogens is 1. The Morgan fingerprint density at radius 1 is 1.30 bits per heavy atom. The van der Waals surface area contributed by atoms with Crippen LogP contribution in [0.4, 0.5) is 0 Å². The van der Waals surface area contributed by atoms with Crippen LogP contribution in [0.25, 0.3) is 0 Å². The molecular weight excluding hydrogens is 312 g/mol. The van der Waals surface area contributed by atoms with Crippen molar-refractivity contribution in [2.45, 2.75) is 46.1 Å². The van der Waals surface area contributed by atoms with Crippen LogP contribution in [0.3, 0.4) is 0 Å². The van der Waals surface area contributed by atoms with Crippen molar-refractivity contribution in [3.63, 3.8) is 0 Å². The van der Waals surface area contributed by atoms with Crippen LogP contribution in [-0.4, -0.2) is 11.1 Å². The first-order valence-corrected chi connectivity index (χ1v) is 8.30. The summed E-state index contributed by atoms with van der Waals surface area (Å²) in [5, 5.41) is 7.21. The van der Waals surface area contributed by atoms with Crippen LogP contribution in [-0.2, 0) is 11.2 Å². The third-order valence-corrected chi connectivity index (χ3v) is 4.08. The number of benzene rings is 1. The fourth-order valence-corrected chi connectivity index (χ4v) is 2.85. The maximum Gasteiger partial charge on any atom is 0.229 e. The molecule has 4 nitrogen and oxygen atoms in total. The van der Waals surface area contributed by atoms with Gasteiger partial charge in [0.1, 0.15) is 0 Å². The lowest BCUT2D eigenvalue weighted by molar-refractivity contribution is -0.121. The van der Waals surface area contributed by atoms with E-state index >= 15 is 0 Å². The number of carbonyl (C=O) groups excluding carboxylic acids is 1. The van der Waals surface area contributed by atoms with Crippen LogP contribution in [0.5, 0.6) is 0 Å². The van der Waals surface area contributed by atoms with E-state index in [9.17, 15) is 4.79 Å². The quantitative estimate of drug-likeness (QED) is 0.812. The van der Waals surface area contributed by atoms with Gasteiger partial charge < -0.3 is 9.84 Å². The summed E-state index contributed by atoms with van der Waals surface area (Å²) < 4.78 is 4.91. The zero-order chi connectivity index (χ0) is 16.8. The number of rotatable bonds is 7. The van der Waals surface area contributed by atoms with Gasteiger partial charge in [-0.3, -0.25) is 4.79 Å². The summed E-state index contributed by atoms with van der Waals surface area (Å²) in [5.41, 5.74) is 2.68. The maximum absolute atomic E-state index is 12.3. The number of amides is 1. The van der Waals surface area contributed by atoms with Gasteiger partial charge in [0, 0.05) is 12.0 Å². The van der Waals surface area contributed by atoms with Crippen molar-refractivity contribution < 1.29 is 9.32 Å². The van der Waals surface area contributed by atoms with E-state index in [4.69, 9.17) is 16.1 Å². The van der Waals surface area contributed by atoms with Gasteiger partial charge in [0.2, 0.25) is 11.1 Å². The molecule has 0 saturated heterocycles. The van der Waals surface area contributed by atoms with Gasteiger partial charge in [0.15, 0.2) is 0 Å². The Kier molecular flexibility index (Phi) is 6.22. The number of aryl methyl sites for hydroxylation is 1. The molecule has 1 unspecified atom stereocenters. The van der Waals surface area contributed by atoms with Gasteiger partial charge >= 0.3 is 0 Å². The van der Waals surface area contributed by atoms with E-state index in [1.165, 1.54) is 0 Å². The first-order chi connectivity index (χ1) is 11.0. The Morgan fingerprint density at radius 2 is 2.00 bits per heavy atom. The zero-order valence-corrected chi connectivity index (χ0v) is 14.6. The summed E-state index contributed by atoms with van der Waals surface area (Å²) in [5.74, 6) is 0.506. The molecule has 0 fully saturated rings. The average molecular weight is 335 g/mol. The van der Waals surface area contributed by atoms with E-state index in [0.717, 1.165) is 23.2 Å². The predicted molar refractivity (Wildman–Crippen MR) is 91.4 cm³/mol. The van der Waals surface area contributed by atoms with Crippen LogP contribution in [0.1, 0.15) is 49.6 Å². The van der Waals surface area contributed by atoms with Crippen molar-refractivity contribution in [3.05, 3.63) is 52.4 Å². The molecule has 0 saturated carbocycles. The second-order valence-corrected chi connectivity index (χ2v) is 6.52. The minimum atomic E-state index is 0.0103. The van der Waals surface area contributed by atoms with Crippen LogP contribution in [0.15, 0.2) is 34.9 Å².